The van der Waals surface area contributed by atoms with Crippen molar-refractivity contribution in [3.05, 3.63) is 305 Å². The second-order valence-electron chi connectivity index (χ2n) is 35.0. The van der Waals surface area contributed by atoms with Gasteiger partial charge in [-0.15, -0.1) is 0 Å². The number of likely N-dealkylation sites (tertiary alicyclic amines) is 2. The van der Waals surface area contributed by atoms with Crippen LogP contribution in [0.5, 0.6) is 0 Å². The molecule has 132 heavy (non-hydrogen) atoms. The van der Waals surface area contributed by atoms with Crippen LogP contribution in [0.4, 0.5) is 0 Å². The number of nitrogens with one attached hydrogen (secondary N) is 2. The number of ether oxygens (including phenoxy) is 8. The molecular weight excluding hydrogens is 1680 g/mol. The van der Waals surface area contributed by atoms with Crippen LogP contribution in [-0.2, 0) is 139 Å². The summed E-state index contributed by atoms with van der Waals surface area (Å²) >= 11 is 0. The van der Waals surface area contributed by atoms with Gasteiger partial charge in [0.05, 0.1) is 118 Å². The number of piperidine rings is 3. The van der Waals surface area contributed by atoms with E-state index in [0.717, 1.165) is 173 Å². The minimum Gasteiger partial charge on any atom is -0.469 e. The molecule has 0 aromatic heterocycles. The minimum absolute atomic E-state index is 0.0634. The molecule has 3 saturated heterocycles. The van der Waals surface area contributed by atoms with Gasteiger partial charge < -0.3 is 57.9 Å². The van der Waals surface area contributed by atoms with E-state index in [4.69, 9.17) is 40.2 Å². The minimum atomic E-state index is -0.626. The van der Waals surface area contributed by atoms with Gasteiger partial charge in [-0.05, 0) is 297 Å². The van der Waals surface area contributed by atoms with E-state index in [-0.39, 0.29) is 81.7 Å². The summed E-state index contributed by atoms with van der Waals surface area (Å²) in [6.45, 7) is 11.1. The second-order valence-corrected chi connectivity index (χ2v) is 35.0. The molecule has 26 heteroatoms. The Kier molecular flexibility index (Phi) is 33.0. The van der Waals surface area contributed by atoms with Crippen LogP contribution in [0.2, 0.25) is 0 Å². The van der Waals surface area contributed by atoms with E-state index >= 15 is 0 Å². The molecule has 5 unspecified atom stereocenters. The number of methoxy groups -OCH3 is 8. The maximum atomic E-state index is 13.4. The molecule has 690 valence electrons. The predicted molar refractivity (Wildman–Crippen MR) is 491 cm³/mol. The molecule has 3 spiro atoms. The van der Waals surface area contributed by atoms with Gasteiger partial charge in [0.1, 0.15) is 0 Å². The zero-order valence-corrected chi connectivity index (χ0v) is 76.2. The van der Waals surface area contributed by atoms with Gasteiger partial charge in [0.15, 0.2) is 0 Å². The number of hydrogen-bond acceptors (Lipinski definition) is 21. The number of aryl methyl sites for hydroxylation is 5. The summed E-state index contributed by atoms with van der Waals surface area (Å²) in [5, 5.41) is 13.6. The fourth-order valence-electron chi connectivity index (χ4n) is 19.8. The third-order valence-electron chi connectivity index (χ3n) is 27.1. The first-order valence-corrected chi connectivity index (χ1v) is 44.8. The summed E-state index contributed by atoms with van der Waals surface area (Å²) in [6.07, 6.45) is 17.9. The van der Waals surface area contributed by atoms with Crippen LogP contribution >= 0.6 is 0 Å². The maximum absolute atomic E-state index is 13.4. The molecule has 5 aliphatic carbocycles. The predicted octanol–water partition coefficient (Wildman–Crippen LogP) is 15.3. The van der Waals surface area contributed by atoms with Gasteiger partial charge in [-0.2, -0.15) is 0 Å². The molecule has 3 heterocycles. The Bertz CT molecular complexity index is 5630. The molecule has 5 atom stereocenters. The Hall–Kier alpha value is -13.7. The Morgan fingerprint density at radius 1 is 0.402 bits per heavy atom. The summed E-state index contributed by atoms with van der Waals surface area (Å²) in [7, 11) is 11.0. The molecule has 9 aromatic carbocycles. The van der Waals surface area contributed by atoms with Crippen LogP contribution in [0.25, 0.3) is 15.6 Å². The number of carbonyl (C=O) groups is 12. The normalized spacial score (nSPS) is 19.8. The number of hydrogen-bond donors (Lipinski definition) is 3. The highest BCUT2D eigenvalue weighted by Crippen LogP contribution is 2.47. The van der Waals surface area contributed by atoms with Crippen LogP contribution in [-0.4, -0.2) is 169 Å². The average Bonchev–Trinajstić information content (AvgIpc) is 0.765. The van der Waals surface area contributed by atoms with Gasteiger partial charge in [0.2, 0.25) is 24.3 Å². The number of carbonyl (C=O) groups excluding carboxylic acids is 12. The molecule has 0 bridgehead atoms. The standard InChI is InChI=1S/C23H25NO3.C22H24N2O3.C17H19NO4.C16H19NO3.C14H16O4.C14H12O4/c1-27-21(25)19-8-9-20-15-23(12-10-18(20)14-19)11-5-13-24(22(23)26)16-17-6-3-2-4-7-17;25-20(23-27)18-7-8-19-14-22(11-9-17(19)13-18)10-4-12-24(21(22)26)15-16-5-2-1-3-6-16;1-18-9-8-17(16(20)22-3)7-6-12-10-13(15(19)21-2)4-5-14(12)11-17;1-20-14(18)12-3-4-13-10-16(7-5-11(13)9-12)6-2-8-17-15(16)19;2*1-17-13(15)11-5-3-10-8-12(14(16)18-2)6-4-9(10)7-11/h2-4,6-9,14H,5,10-13,15-16H2,1H3;1-3,5-8,13,27H,4,9-12,14-15H2,(H,23,25);4-5,10H,6-9,11H2,2-3H3;3-4,9H,2,5-8,10H2,1H3,(H,17,19);3,5,7,12H,4,6,8H2,1-2H3;3-8H,1-2H3. The van der Waals surface area contributed by atoms with Crippen LogP contribution < -0.4 is 10.8 Å². The van der Waals surface area contributed by atoms with Crippen molar-refractivity contribution in [2.75, 3.05) is 83.1 Å². The maximum Gasteiger partial charge on any atom is 0.337 e. The van der Waals surface area contributed by atoms with E-state index in [2.05, 4.69) is 43.9 Å². The van der Waals surface area contributed by atoms with Crippen LogP contribution in [0.1, 0.15) is 216 Å². The Morgan fingerprint density at radius 3 is 1.17 bits per heavy atom. The Morgan fingerprint density at radius 2 is 0.765 bits per heavy atom. The molecule has 0 radical (unpaired) electrons. The first-order valence-electron chi connectivity index (χ1n) is 44.8. The molecule has 4 amide bonds. The summed E-state index contributed by atoms with van der Waals surface area (Å²) in [4.78, 5) is 151. The first-order chi connectivity index (χ1) is 63.7. The number of benzene rings is 9. The van der Waals surface area contributed by atoms with E-state index in [1.54, 1.807) is 66.1 Å². The van der Waals surface area contributed by atoms with Crippen LogP contribution in [0.3, 0.4) is 0 Å². The van der Waals surface area contributed by atoms with Crippen molar-refractivity contribution in [1.82, 2.24) is 20.6 Å². The molecule has 26 nitrogen and oxygen atoms in total. The lowest BCUT2D eigenvalue weighted by Gasteiger charge is -2.44. The lowest BCUT2D eigenvalue weighted by atomic mass is 9.66. The highest BCUT2D eigenvalue weighted by Gasteiger charge is 2.49. The van der Waals surface area contributed by atoms with Gasteiger partial charge >= 0.3 is 47.8 Å². The van der Waals surface area contributed by atoms with Gasteiger partial charge in [0, 0.05) is 44.7 Å². The number of hydroxylamine groups is 1. The van der Waals surface area contributed by atoms with Gasteiger partial charge in [-0.25, -0.2) is 40.8 Å². The van der Waals surface area contributed by atoms with Crippen molar-refractivity contribution in [3.63, 3.8) is 0 Å². The van der Waals surface area contributed by atoms with Crippen molar-refractivity contribution in [1.29, 1.82) is 0 Å². The number of nitrogens with zero attached hydrogens (tertiary/aromatic N) is 3. The lowest BCUT2D eigenvalue weighted by Crippen LogP contribution is -2.50. The quantitative estimate of drug-likeness (QED) is 0.0282. The third-order valence-corrected chi connectivity index (χ3v) is 27.1. The van der Waals surface area contributed by atoms with Crippen molar-refractivity contribution < 1.29 is 101 Å². The molecule has 3 fully saturated rings. The van der Waals surface area contributed by atoms with E-state index in [1.165, 1.54) is 90.3 Å². The van der Waals surface area contributed by atoms with E-state index in [0.29, 0.717) is 96.6 Å². The second kappa shape index (κ2) is 44.8. The lowest BCUT2D eigenvalue weighted by molar-refractivity contribution is -0.154. The summed E-state index contributed by atoms with van der Waals surface area (Å²) in [5.41, 5.74) is 17.6. The first kappa shape index (κ1) is 97.4. The Balaban J connectivity index is 0.000000144. The van der Waals surface area contributed by atoms with Gasteiger partial charge in [-0.3, -0.25) is 34.0 Å². The highest BCUT2D eigenvalue weighted by molar-refractivity contribution is 6.00. The molecule has 3 aliphatic heterocycles. The average molecular weight is 1800 g/mol. The highest BCUT2D eigenvalue weighted by atomic mass is 16.5. The zero-order valence-electron chi connectivity index (χ0n) is 76.2. The molecule has 17 rings (SSSR count). The van der Waals surface area contributed by atoms with Crippen molar-refractivity contribution >= 4 is 82.2 Å². The van der Waals surface area contributed by atoms with Crippen molar-refractivity contribution in [3.8, 4) is 0 Å². The fraction of sp³-hybridized carbons (Fsp3) is 0.387. The number of amides is 4. The molecular formula is C106H115N5O21. The van der Waals surface area contributed by atoms with Gasteiger partial charge in [0.25, 0.3) is 5.91 Å². The topological polar surface area (TPSA) is 334 Å². The molecule has 0 saturated carbocycles. The summed E-state index contributed by atoms with van der Waals surface area (Å²) in [5.74, 6) is -2.27. The molecule has 8 aliphatic rings. The SMILES string of the molecule is COC(=O)c1ccc2c(c1)CCC(C(=O)OC)C2.COC(=O)c1ccc2c(c1)CCC1(CCCN(Cc3ccccc3)C1=O)C2.COC(=O)c1ccc2c(c1)CCC1(CCCNC1=O)C2.COC(=O)c1ccc2cc(C(=O)OC)ccc2c1.O=C(NO)c1ccc2c(c1)CCC1(CCCN(Cc3ccccc3)C1=O)C2.[C-]#[N+]CCC1(C(=O)OC)CCc2cc(C(=O)OC)ccc2C1. The largest absolute Gasteiger partial charge is 0.469 e. The fourth-order valence-corrected chi connectivity index (χ4v) is 19.8. The van der Waals surface area contributed by atoms with E-state index in [9.17, 15) is 57.5 Å². The zero-order chi connectivity index (χ0) is 94.3. The van der Waals surface area contributed by atoms with E-state index < -0.39 is 11.3 Å². The summed E-state index contributed by atoms with van der Waals surface area (Å²) in [6, 6.07) is 58.5. The van der Waals surface area contributed by atoms with Gasteiger partial charge in [-0.1, -0.05) is 103 Å². The number of rotatable bonds is 15. The van der Waals surface area contributed by atoms with Crippen molar-refractivity contribution in [2.24, 2.45) is 27.6 Å². The molecule has 9 aromatic rings. The van der Waals surface area contributed by atoms with Crippen molar-refractivity contribution in [2.45, 2.75) is 154 Å². The smallest absolute Gasteiger partial charge is 0.337 e. The third kappa shape index (κ3) is 23.0. The Labute approximate surface area is 769 Å². The van der Waals surface area contributed by atoms with Crippen LogP contribution in [0, 0.1) is 34.2 Å². The van der Waals surface area contributed by atoms with E-state index in [1.807, 2.05) is 113 Å². The number of fused-ring (bicyclic) bond motifs is 6. The van der Waals surface area contributed by atoms with Crippen LogP contribution in [0.15, 0.2) is 188 Å². The monoisotopic (exact) mass is 1790 g/mol. The number of esters is 8. The molecule has 3 N–H and O–H groups in total. The summed E-state index contributed by atoms with van der Waals surface area (Å²) < 4.78 is 38.0.